The van der Waals surface area contributed by atoms with Gasteiger partial charge in [0.1, 0.15) is 5.69 Å². The topological polar surface area (TPSA) is 72.3 Å². The lowest BCUT2D eigenvalue weighted by Gasteiger charge is -2.37. The van der Waals surface area contributed by atoms with Crippen LogP contribution in [0.5, 0.6) is 0 Å². The van der Waals surface area contributed by atoms with E-state index in [9.17, 15) is 13.2 Å². The van der Waals surface area contributed by atoms with Gasteiger partial charge >= 0.3 is 0 Å². The molecule has 0 unspecified atom stereocenters. The van der Waals surface area contributed by atoms with Crippen molar-refractivity contribution in [1.82, 2.24) is 14.7 Å². The van der Waals surface area contributed by atoms with Crippen LogP contribution in [-0.4, -0.2) is 52.6 Å². The predicted molar refractivity (Wildman–Crippen MR) is 76.4 cm³/mol. The Morgan fingerprint density at radius 1 is 1.40 bits per heavy atom. The summed E-state index contributed by atoms with van der Waals surface area (Å²) in [6.07, 6.45) is 1.77. The van der Waals surface area contributed by atoms with E-state index >= 15 is 0 Å². The molecule has 112 valence electrons. The third-order valence-corrected chi connectivity index (χ3v) is 6.22. The summed E-state index contributed by atoms with van der Waals surface area (Å²) in [5.41, 5.74) is 0.369. The Morgan fingerprint density at radius 2 is 2.05 bits per heavy atom. The average Bonchev–Trinajstić information content (AvgIpc) is 2.81. The first-order chi connectivity index (χ1) is 9.14. The van der Waals surface area contributed by atoms with E-state index in [1.807, 2.05) is 13.8 Å². The van der Waals surface area contributed by atoms with E-state index in [2.05, 4.69) is 5.10 Å². The number of hydrogen-bond acceptors (Lipinski definition) is 4. The highest BCUT2D eigenvalue weighted by Crippen LogP contribution is 2.24. The van der Waals surface area contributed by atoms with Crippen molar-refractivity contribution in [1.29, 1.82) is 0 Å². The van der Waals surface area contributed by atoms with Crippen molar-refractivity contribution in [3.05, 3.63) is 18.0 Å². The summed E-state index contributed by atoms with van der Waals surface area (Å²) in [6.45, 7) is 7.74. The first kappa shape index (κ1) is 15.0. The van der Waals surface area contributed by atoms with E-state index in [1.54, 1.807) is 35.7 Å². The second-order valence-electron chi connectivity index (χ2n) is 6.08. The number of carbonyl (C=O) groups excluding carboxylic acids is 1. The van der Waals surface area contributed by atoms with Crippen LogP contribution >= 0.6 is 0 Å². The van der Waals surface area contributed by atoms with Crippen LogP contribution in [0.4, 0.5) is 0 Å². The molecule has 7 heteroatoms. The van der Waals surface area contributed by atoms with Gasteiger partial charge in [0.25, 0.3) is 5.91 Å². The van der Waals surface area contributed by atoms with E-state index in [0.717, 1.165) is 0 Å². The first-order valence-electron chi connectivity index (χ1n) is 6.71. The number of nitrogens with zero attached hydrogens (tertiary/aromatic N) is 3. The standard InChI is InChI=1S/C13H21N3O3S/c1-10(2)16-6-5-11(14-16)12(17)15-7-8-20(18,19)13(3,4)9-15/h5-6,10H,7-9H2,1-4H3. The molecular formula is C13H21N3O3S. The highest BCUT2D eigenvalue weighted by molar-refractivity contribution is 7.92. The van der Waals surface area contributed by atoms with Gasteiger partial charge in [-0.3, -0.25) is 9.48 Å². The molecule has 1 aromatic rings. The van der Waals surface area contributed by atoms with Crippen LogP contribution in [0.1, 0.15) is 44.2 Å². The maximum Gasteiger partial charge on any atom is 0.274 e. The average molecular weight is 299 g/mol. The molecule has 1 fully saturated rings. The largest absolute Gasteiger partial charge is 0.335 e. The normalized spacial score (nSPS) is 21.1. The van der Waals surface area contributed by atoms with Gasteiger partial charge in [0.05, 0.1) is 10.5 Å². The molecule has 0 spiro atoms. The third kappa shape index (κ3) is 2.59. The molecule has 1 aliphatic heterocycles. The van der Waals surface area contributed by atoms with Gasteiger partial charge in [-0.25, -0.2) is 8.42 Å². The fraction of sp³-hybridized carbons (Fsp3) is 0.692. The van der Waals surface area contributed by atoms with Gasteiger partial charge in [-0.2, -0.15) is 5.10 Å². The van der Waals surface area contributed by atoms with Gasteiger partial charge in [-0.05, 0) is 33.8 Å². The summed E-state index contributed by atoms with van der Waals surface area (Å²) in [6, 6.07) is 1.87. The molecule has 1 amide bonds. The zero-order valence-corrected chi connectivity index (χ0v) is 13.1. The van der Waals surface area contributed by atoms with E-state index in [4.69, 9.17) is 0 Å². The van der Waals surface area contributed by atoms with Crippen molar-refractivity contribution in [2.75, 3.05) is 18.8 Å². The van der Waals surface area contributed by atoms with Crippen molar-refractivity contribution >= 4 is 15.7 Å². The summed E-state index contributed by atoms with van der Waals surface area (Å²) in [5, 5.41) is 4.24. The van der Waals surface area contributed by atoms with Crippen molar-refractivity contribution in [3.63, 3.8) is 0 Å². The molecule has 0 saturated carbocycles. The van der Waals surface area contributed by atoms with Crippen LogP contribution in [0.3, 0.4) is 0 Å². The molecule has 20 heavy (non-hydrogen) atoms. The van der Waals surface area contributed by atoms with Gasteiger partial charge in [-0.1, -0.05) is 0 Å². The summed E-state index contributed by atoms with van der Waals surface area (Å²) < 4.78 is 24.7. The fourth-order valence-electron chi connectivity index (χ4n) is 2.22. The molecule has 0 aromatic carbocycles. The van der Waals surface area contributed by atoms with Gasteiger partial charge < -0.3 is 4.90 Å². The Bertz CT molecular complexity index is 617. The number of hydrogen-bond donors (Lipinski definition) is 0. The summed E-state index contributed by atoms with van der Waals surface area (Å²) in [5.74, 6) is -0.191. The smallest absolute Gasteiger partial charge is 0.274 e. The van der Waals surface area contributed by atoms with E-state index in [0.29, 0.717) is 5.69 Å². The highest BCUT2D eigenvalue weighted by atomic mass is 32.2. The number of aromatic nitrogens is 2. The quantitative estimate of drug-likeness (QED) is 0.820. The molecule has 2 rings (SSSR count). The van der Waals surface area contributed by atoms with Crippen LogP contribution in [0.15, 0.2) is 12.3 Å². The predicted octanol–water partition coefficient (Wildman–Crippen LogP) is 1.11. The molecule has 0 radical (unpaired) electrons. The van der Waals surface area contributed by atoms with Gasteiger partial charge in [0.15, 0.2) is 9.84 Å². The second kappa shape index (κ2) is 4.87. The minimum atomic E-state index is -3.14. The lowest BCUT2D eigenvalue weighted by Crippen LogP contribution is -2.54. The molecular weight excluding hydrogens is 278 g/mol. The summed E-state index contributed by atoms with van der Waals surface area (Å²) in [7, 11) is -3.14. The van der Waals surface area contributed by atoms with Crippen LogP contribution in [0.25, 0.3) is 0 Å². The Labute approximate surface area is 119 Å². The van der Waals surface area contributed by atoms with Crippen molar-refractivity contribution in [2.24, 2.45) is 0 Å². The lowest BCUT2D eigenvalue weighted by atomic mass is 10.2. The molecule has 1 saturated heterocycles. The number of amides is 1. The monoisotopic (exact) mass is 299 g/mol. The Balaban J connectivity index is 2.18. The zero-order valence-electron chi connectivity index (χ0n) is 12.3. The Morgan fingerprint density at radius 3 is 2.55 bits per heavy atom. The molecule has 0 N–H and O–H groups in total. The number of sulfone groups is 1. The molecule has 0 bridgehead atoms. The summed E-state index contributed by atoms with van der Waals surface area (Å²) in [4.78, 5) is 14.0. The van der Waals surface area contributed by atoms with Gasteiger partial charge in [-0.15, -0.1) is 0 Å². The van der Waals surface area contributed by atoms with Gasteiger partial charge in [0, 0.05) is 25.3 Å². The summed E-state index contributed by atoms with van der Waals surface area (Å²) >= 11 is 0. The van der Waals surface area contributed by atoms with Crippen molar-refractivity contribution in [3.8, 4) is 0 Å². The molecule has 2 heterocycles. The fourth-order valence-corrected chi connectivity index (χ4v) is 3.58. The van der Waals surface area contributed by atoms with Gasteiger partial charge in [0.2, 0.25) is 0 Å². The van der Waals surface area contributed by atoms with E-state index < -0.39 is 14.6 Å². The third-order valence-electron chi connectivity index (χ3n) is 3.69. The zero-order chi connectivity index (χ0) is 15.1. The number of rotatable bonds is 2. The Hall–Kier alpha value is -1.37. The van der Waals surface area contributed by atoms with E-state index in [1.165, 1.54) is 0 Å². The molecule has 6 nitrogen and oxygen atoms in total. The molecule has 1 aromatic heterocycles. The number of carbonyl (C=O) groups is 1. The van der Waals surface area contributed by atoms with Crippen molar-refractivity contribution in [2.45, 2.75) is 38.5 Å². The minimum Gasteiger partial charge on any atom is -0.335 e. The van der Waals surface area contributed by atoms with Crippen LogP contribution in [-0.2, 0) is 9.84 Å². The molecule has 0 atom stereocenters. The maximum atomic E-state index is 12.4. The van der Waals surface area contributed by atoms with Crippen molar-refractivity contribution < 1.29 is 13.2 Å². The SMILES string of the molecule is CC(C)n1ccc(C(=O)N2CCS(=O)(=O)C(C)(C)C2)n1. The van der Waals surface area contributed by atoms with Crippen LogP contribution in [0, 0.1) is 0 Å². The first-order valence-corrected chi connectivity index (χ1v) is 8.36. The second-order valence-corrected chi connectivity index (χ2v) is 8.82. The maximum absolute atomic E-state index is 12.4. The minimum absolute atomic E-state index is 0.0105. The van der Waals surface area contributed by atoms with E-state index in [-0.39, 0.29) is 30.8 Å². The molecule has 0 aliphatic carbocycles. The van der Waals surface area contributed by atoms with Crippen LogP contribution in [0.2, 0.25) is 0 Å². The Kier molecular flexibility index (Phi) is 3.66. The highest BCUT2D eigenvalue weighted by Gasteiger charge is 2.41. The van der Waals surface area contributed by atoms with Crippen LogP contribution < -0.4 is 0 Å². The lowest BCUT2D eigenvalue weighted by molar-refractivity contribution is 0.0736. The molecule has 1 aliphatic rings.